The smallest absolute Gasteiger partial charge is 0.180 e. The van der Waals surface area contributed by atoms with Crippen LogP contribution < -0.4 is 5.73 Å². The van der Waals surface area contributed by atoms with Gasteiger partial charge in [-0.2, -0.15) is 0 Å². The zero-order valence-corrected chi connectivity index (χ0v) is 11.2. The molecule has 3 nitrogen and oxygen atoms in total. The van der Waals surface area contributed by atoms with Crippen LogP contribution >= 0.6 is 38.9 Å². The summed E-state index contributed by atoms with van der Waals surface area (Å²) in [5.74, 6) is 0. The zero-order valence-electron chi connectivity index (χ0n) is 8.02. The Labute approximate surface area is 110 Å². The van der Waals surface area contributed by atoms with Crippen molar-refractivity contribution in [3.05, 3.63) is 44.3 Å². The summed E-state index contributed by atoms with van der Waals surface area (Å²) in [5.41, 5.74) is 6.23. The van der Waals surface area contributed by atoms with E-state index in [0.29, 0.717) is 20.6 Å². The summed E-state index contributed by atoms with van der Waals surface area (Å²) in [5, 5.41) is 11.2. The number of nitrogen functional groups attached to an aromatic ring is 1. The molecule has 1 unspecified atom stereocenters. The molecule has 0 radical (unpaired) electrons. The minimum Gasteiger partial charge on any atom is -0.383 e. The van der Waals surface area contributed by atoms with E-state index in [1.54, 1.807) is 24.4 Å². The van der Waals surface area contributed by atoms with Gasteiger partial charge in [-0.05, 0) is 18.2 Å². The second kappa shape index (κ2) is 4.71. The lowest BCUT2D eigenvalue weighted by Gasteiger charge is -2.10. The van der Waals surface area contributed by atoms with E-state index in [4.69, 9.17) is 17.3 Å². The maximum absolute atomic E-state index is 10.1. The molecule has 2 aromatic rings. The number of hydrogen-bond donors (Lipinski definition) is 2. The number of aliphatic hydroxyl groups is 1. The molecule has 84 valence electrons. The normalized spacial score (nSPS) is 12.7. The first-order chi connectivity index (χ1) is 7.58. The molecule has 0 fully saturated rings. The van der Waals surface area contributed by atoms with Crippen molar-refractivity contribution < 1.29 is 5.11 Å². The predicted octanol–water partition coefficient (Wildman–Crippen LogP) is 3.22. The van der Waals surface area contributed by atoms with E-state index < -0.39 is 6.10 Å². The molecule has 0 amide bonds. The Balaban J connectivity index is 2.40. The quantitative estimate of drug-likeness (QED) is 0.893. The highest BCUT2D eigenvalue weighted by molar-refractivity contribution is 9.10. The van der Waals surface area contributed by atoms with Gasteiger partial charge >= 0.3 is 0 Å². The van der Waals surface area contributed by atoms with Crippen LogP contribution in [0.1, 0.15) is 16.5 Å². The third kappa shape index (κ3) is 2.38. The van der Waals surface area contributed by atoms with Gasteiger partial charge in [-0.1, -0.05) is 38.9 Å². The second-order valence-electron chi connectivity index (χ2n) is 3.17. The molecule has 0 saturated heterocycles. The molecule has 3 N–H and O–H groups in total. The largest absolute Gasteiger partial charge is 0.383 e. The van der Waals surface area contributed by atoms with Crippen molar-refractivity contribution >= 4 is 44.0 Å². The van der Waals surface area contributed by atoms with Crippen LogP contribution in [-0.4, -0.2) is 10.1 Å². The molecule has 1 aromatic carbocycles. The fourth-order valence-electron chi connectivity index (χ4n) is 1.30. The molecule has 0 spiro atoms. The molecule has 1 aromatic heterocycles. The summed E-state index contributed by atoms with van der Waals surface area (Å²) in [6.45, 7) is 0. The van der Waals surface area contributed by atoms with Crippen LogP contribution in [0.5, 0.6) is 0 Å². The molecule has 0 aliphatic rings. The number of rotatable bonds is 2. The van der Waals surface area contributed by atoms with Crippen LogP contribution in [0.2, 0.25) is 5.02 Å². The summed E-state index contributed by atoms with van der Waals surface area (Å²) in [6.07, 6.45) is 0.806. The third-order valence-electron chi connectivity index (χ3n) is 2.06. The monoisotopic (exact) mass is 318 g/mol. The van der Waals surface area contributed by atoms with Crippen molar-refractivity contribution in [1.29, 1.82) is 0 Å². The maximum Gasteiger partial charge on any atom is 0.180 e. The Morgan fingerprint density at radius 3 is 2.88 bits per heavy atom. The topological polar surface area (TPSA) is 59.1 Å². The van der Waals surface area contributed by atoms with Gasteiger partial charge in [0.05, 0.1) is 4.88 Å². The fourth-order valence-corrected chi connectivity index (χ4v) is 2.64. The average molecular weight is 320 g/mol. The first-order valence-corrected chi connectivity index (χ1v) is 6.41. The van der Waals surface area contributed by atoms with E-state index in [0.717, 1.165) is 4.47 Å². The standard InChI is InChI=1S/C10H8BrClN2OS/c11-7-2-1-5(12)3-6(7)9(15)8-4-14-10(13)16-8/h1-4,9,15H,(H2,13,14). The number of aromatic nitrogens is 1. The maximum atomic E-state index is 10.1. The molecule has 0 aliphatic heterocycles. The molecule has 6 heteroatoms. The fraction of sp³-hybridized carbons (Fsp3) is 0.100. The van der Waals surface area contributed by atoms with Crippen molar-refractivity contribution in [2.45, 2.75) is 6.10 Å². The number of benzene rings is 1. The van der Waals surface area contributed by atoms with Crippen molar-refractivity contribution in [1.82, 2.24) is 4.98 Å². The highest BCUT2D eigenvalue weighted by Crippen LogP contribution is 2.33. The highest BCUT2D eigenvalue weighted by Gasteiger charge is 2.16. The number of aliphatic hydroxyl groups excluding tert-OH is 1. The first-order valence-electron chi connectivity index (χ1n) is 4.42. The molecule has 1 atom stereocenters. The second-order valence-corrected chi connectivity index (χ2v) is 5.55. The summed E-state index contributed by atoms with van der Waals surface area (Å²) >= 11 is 10.5. The summed E-state index contributed by atoms with van der Waals surface area (Å²) in [7, 11) is 0. The Morgan fingerprint density at radius 1 is 1.50 bits per heavy atom. The van der Waals surface area contributed by atoms with Crippen molar-refractivity contribution in [2.75, 3.05) is 5.73 Å². The summed E-state index contributed by atoms with van der Waals surface area (Å²) < 4.78 is 0.802. The van der Waals surface area contributed by atoms with Gasteiger partial charge in [0.25, 0.3) is 0 Å². The van der Waals surface area contributed by atoms with Gasteiger partial charge < -0.3 is 10.8 Å². The van der Waals surface area contributed by atoms with E-state index in [1.165, 1.54) is 11.3 Å². The lowest BCUT2D eigenvalue weighted by Crippen LogP contribution is -1.98. The van der Waals surface area contributed by atoms with Gasteiger partial charge in [0.2, 0.25) is 0 Å². The van der Waals surface area contributed by atoms with Gasteiger partial charge in [0, 0.05) is 21.3 Å². The molecular formula is C10H8BrClN2OS. The van der Waals surface area contributed by atoms with E-state index in [-0.39, 0.29) is 0 Å². The first kappa shape index (κ1) is 11.9. The predicted molar refractivity (Wildman–Crippen MR) is 69.7 cm³/mol. The van der Waals surface area contributed by atoms with Gasteiger partial charge in [0.15, 0.2) is 5.13 Å². The van der Waals surface area contributed by atoms with Crippen LogP contribution in [0.15, 0.2) is 28.9 Å². The van der Waals surface area contributed by atoms with Gasteiger partial charge in [-0.15, -0.1) is 0 Å². The van der Waals surface area contributed by atoms with Crippen molar-refractivity contribution in [3.8, 4) is 0 Å². The van der Waals surface area contributed by atoms with Crippen molar-refractivity contribution in [2.24, 2.45) is 0 Å². The summed E-state index contributed by atoms with van der Waals surface area (Å²) in [4.78, 5) is 4.60. The van der Waals surface area contributed by atoms with Gasteiger partial charge in [-0.25, -0.2) is 4.98 Å². The molecule has 1 heterocycles. The minimum absolute atomic E-state index is 0.437. The van der Waals surface area contributed by atoms with Gasteiger partial charge in [0.1, 0.15) is 6.10 Å². The summed E-state index contributed by atoms with van der Waals surface area (Å²) in [6, 6.07) is 5.26. The van der Waals surface area contributed by atoms with E-state index in [1.807, 2.05) is 0 Å². The number of nitrogens with zero attached hydrogens (tertiary/aromatic N) is 1. The lowest BCUT2D eigenvalue weighted by atomic mass is 10.1. The Bertz CT molecular complexity index is 517. The number of thiazole rings is 1. The molecule has 16 heavy (non-hydrogen) atoms. The van der Waals surface area contributed by atoms with Crippen LogP contribution in [0.25, 0.3) is 0 Å². The molecule has 0 saturated carbocycles. The third-order valence-corrected chi connectivity index (χ3v) is 3.90. The molecular weight excluding hydrogens is 312 g/mol. The lowest BCUT2D eigenvalue weighted by molar-refractivity contribution is 0.223. The van der Waals surface area contributed by atoms with Crippen LogP contribution in [-0.2, 0) is 0 Å². The Kier molecular flexibility index (Phi) is 3.49. The number of hydrogen-bond acceptors (Lipinski definition) is 4. The Morgan fingerprint density at radius 2 is 2.25 bits per heavy atom. The SMILES string of the molecule is Nc1ncc(C(O)c2cc(Cl)ccc2Br)s1. The number of halogens is 2. The van der Waals surface area contributed by atoms with Gasteiger partial charge in [-0.3, -0.25) is 0 Å². The average Bonchev–Trinajstić information content (AvgIpc) is 2.67. The number of anilines is 1. The molecule has 0 bridgehead atoms. The van der Waals surface area contributed by atoms with Crippen LogP contribution in [0.4, 0.5) is 5.13 Å². The van der Waals surface area contributed by atoms with E-state index in [9.17, 15) is 5.11 Å². The minimum atomic E-state index is -0.761. The van der Waals surface area contributed by atoms with Crippen molar-refractivity contribution in [3.63, 3.8) is 0 Å². The Hall–Kier alpha value is -0.620. The van der Waals surface area contributed by atoms with Crippen LogP contribution in [0, 0.1) is 0 Å². The number of nitrogens with two attached hydrogens (primary N) is 1. The van der Waals surface area contributed by atoms with E-state index in [2.05, 4.69) is 20.9 Å². The highest BCUT2D eigenvalue weighted by atomic mass is 79.9. The molecule has 2 rings (SSSR count). The van der Waals surface area contributed by atoms with E-state index >= 15 is 0 Å². The van der Waals surface area contributed by atoms with Crippen LogP contribution in [0.3, 0.4) is 0 Å². The zero-order chi connectivity index (χ0) is 11.7. The molecule has 0 aliphatic carbocycles.